The molecule has 0 saturated carbocycles. The molecule has 0 bridgehead atoms. The fraction of sp³-hybridized carbons (Fsp3) is 0.789. The summed E-state index contributed by atoms with van der Waals surface area (Å²) in [6.07, 6.45) is -30.6. The lowest BCUT2D eigenvalue weighted by Crippen LogP contribution is -2.65. The van der Waals surface area contributed by atoms with Crippen LogP contribution in [-0.4, -0.2) is 158 Å². The zero-order valence-corrected chi connectivity index (χ0v) is 18.8. The van der Waals surface area contributed by atoms with E-state index in [1.807, 2.05) is 0 Å². The van der Waals surface area contributed by atoms with E-state index in [1.54, 1.807) is 0 Å². The standard InChI is InChI=1S/C18H26O20.CH4/c19-1-32-14(31)11(5(23)7(25)13(29)30)35-17-10(28)6(24)12(18(38-17)34-3-21)36-16-9(27)4(22)8(26)15(37-16)33-2-20;/h1-12,14-18,22-28,31H,(H,29,30);1H4/t4?,5?,6?,7?,8-,9?,10+,11-,12-,14?,15?,16+,17+,18?;/m0./s1. The van der Waals surface area contributed by atoms with E-state index in [2.05, 4.69) is 14.2 Å². The Morgan fingerprint density at radius 2 is 1.23 bits per heavy atom. The van der Waals surface area contributed by atoms with Crippen molar-refractivity contribution in [3.8, 4) is 0 Å². The predicted molar refractivity (Wildman–Crippen MR) is 111 cm³/mol. The smallest absolute Gasteiger partial charge is 0.335 e. The van der Waals surface area contributed by atoms with Gasteiger partial charge in [-0.2, -0.15) is 0 Å². The molecule has 0 radical (unpaired) electrons. The Balaban J connectivity index is 0.00000760. The highest BCUT2D eigenvalue weighted by atomic mass is 16.8. The molecule has 9 N–H and O–H groups in total. The van der Waals surface area contributed by atoms with Gasteiger partial charge in [0, 0.05) is 0 Å². The zero-order valence-electron chi connectivity index (χ0n) is 18.8. The third-order valence-corrected chi connectivity index (χ3v) is 5.38. The first-order chi connectivity index (χ1) is 17.9. The van der Waals surface area contributed by atoms with Crippen LogP contribution in [0.5, 0.6) is 0 Å². The Morgan fingerprint density at radius 3 is 1.77 bits per heavy atom. The van der Waals surface area contributed by atoms with Gasteiger partial charge >= 0.3 is 5.97 Å². The van der Waals surface area contributed by atoms with Crippen LogP contribution in [0.2, 0.25) is 0 Å². The minimum atomic E-state index is -2.62. The summed E-state index contributed by atoms with van der Waals surface area (Å²) in [6.45, 7) is -0.728. The van der Waals surface area contributed by atoms with Crippen LogP contribution in [0.15, 0.2) is 0 Å². The number of hydrogen-bond donors (Lipinski definition) is 9. The van der Waals surface area contributed by atoms with E-state index in [-0.39, 0.29) is 26.8 Å². The van der Waals surface area contributed by atoms with Crippen molar-refractivity contribution in [1.29, 1.82) is 0 Å². The van der Waals surface area contributed by atoms with E-state index < -0.39 is 92.4 Å². The van der Waals surface area contributed by atoms with Crippen molar-refractivity contribution in [3.05, 3.63) is 0 Å². The number of rotatable bonds is 14. The molecule has 0 aromatic rings. The lowest BCUT2D eigenvalue weighted by atomic mass is 10.0. The van der Waals surface area contributed by atoms with Crippen molar-refractivity contribution in [2.24, 2.45) is 0 Å². The summed E-state index contributed by atoms with van der Waals surface area (Å²) >= 11 is 0. The molecule has 2 saturated heterocycles. The van der Waals surface area contributed by atoms with Crippen LogP contribution in [0, 0.1) is 0 Å². The lowest BCUT2D eigenvalue weighted by Gasteiger charge is -2.45. The summed E-state index contributed by atoms with van der Waals surface area (Å²) in [4.78, 5) is 43.2. The molecule has 0 aliphatic carbocycles. The lowest BCUT2D eigenvalue weighted by molar-refractivity contribution is -0.402. The molecule has 39 heavy (non-hydrogen) atoms. The topological polar surface area (TPSA) is 315 Å². The van der Waals surface area contributed by atoms with Gasteiger partial charge in [0.05, 0.1) is 0 Å². The van der Waals surface area contributed by atoms with Crippen molar-refractivity contribution in [2.45, 2.75) is 93.8 Å². The van der Waals surface area contributed by atoms with Crippen LogP contribution in [0.4, 0.5) is 0 Å². The van der Waals surface area contributed by atoms with Crippen LogP contribution >= 0.6 is 0 Å². The van der Waals surface area contributed by atoms with Crippen LogP contribution in [-0.2, 0) is 52.3 Å². The van der Waals surface area contributed by atoms with Crippen molar-refractivity contribution in [1.82, 2.24) is 0 Å². The van der Waals surface area contributed by atoms with E-state index in [0.717, 1.165) is 0 Å². The first kappa shape index (κ1) is 34.4. The molecule has 2 aliphatic rings. The molecule has 2 fully saturated rings. The quantitative estimate of drug-likeness (QED) is 0.0525. The minimum absolute atomic E-state index is 0. The Labute approximate surface area is 218 Å². The second-order valence-corrected chi connectivity index (χ2v) is 7.76. The first-order valence-corrected chi connectivity index (χ1v) is 10.5. The highest BCUT2D eigenvalue weighted by Gasteiger charge is 2.53. The molecule has 226 valence electrons. The zero-order chi connectivity index (χ0) is 28.7. The van der Waals surface area contributed by atoms with Crippen molar-refractivity contribution >= 4 is 25.4 Å². The summed E-state index contributed by atoms with van der Waals surface area (Å²) < 4.78 is 33.6. The Morgan fingerprint density at radius 1 is 0.718 bits per heavy atom. The maximum atomic E-state index is 11.0. The molecule has 0 amide bonds. The van der Waals surface area contributed by atoms with Crippen molar-refractivity contribution in [3.63, 3.8) is 0 Å². The normalized spacial score (nSPS) is 37.6. The summed E-state index contributed by atoms with van der Waals surface area (Å²) in [5.41, 5.74) is 0. The van der Waals surface area contributed by atoms with Gasteiger partial charge in [-0.1, -0.05) is 7.43 Å². The van der Waals surface area contributed by atoms with Gasteiger partial charge in [0.25, 0.3) is 19.4 Å². The molecule has 20 nitrogen and oxygen atoms in total. The van der Waals surface area contributed by atoms with E-state index in [4.69, 9.17) is 24.1 Å². The highest BCUT2D eigenvalue weighted by molar-refractivity contribution is 5.72. The van der Waals surface area contributed by atoms with E-state index in [9.17, 15) is 60.0 Å². The number of carboxylic acid groups (broad SMARTS) is 1. The second-order valence-electron chi connectivity index (χ2n) is 7.76. The molecule has 14 atom stereocenters. The van der Waals surface area contributed by atoms with Crippen LogP contribution < -0.4 is 0 Å². The summed E-state index contributed by atoms with van der Waals surface area (Å²) in [5.74, 6) is -2.00. The van der Waals surface area contributed by atoms with Crippen molar-refractivity contribution < 1.29 is 98.3 Å². The third kappa shape index (κ3) is 7.97. The van der Waals surface area contributed by atoms with E-state index in [0.29, 0.717) is 0 Å². The summed E-state index contributed by atoms with van der Waals surface area (Å²) in [7, 11) is 0. The van der Waals surface area contributed by atoms with Gasteiger partial charge in [-0.15, -0.1) is 0 Å². The average molecular weight is 578 g/mol. The maximum Gasteiger partial charge on any atom is 0.335 e. The van der Waals surface area contributed by atoms with Gasteiger partial charge in [-0.25, -0.2) is 4.79 Å². The van der Waals surface area contributed by atoms with Gasteiger partial charge in [-0.05, 0) is 0 Å². The number of ether oxygens (including phenoxy) is 7. The first-order valence-electron chi connectivity index (χ1n) is 10.5. The fourth-order valence-corrected chi connectivity index (χ4v) is 3.41. The van der Waals surface area contributed by atoms with Gasteiger partial charge in [0.2, 0.25) is 18.9 Å². The molecular formula is C19H30O20. The van der Waals surface area contributed by atoms with Gasteiger partial charge in [0.15, 0.2) is 30.9 Å². The number of carboxylic acids is 1. The molecule has 2 heterocycles. The monoisotopic (exact) mass is 578 g/mol. The van der Waals surface area contributed by atoms with Gasteiger partial charge in [0.1, 0.15) is 36.6 Å². The number of aliphatic hydroxyl groups excluding tert-OH is 8. The predicted octanol–water partition coefficient (Wildman–Crippen LogP) is -6.79. The van der Waals surface area contributed by atoms with Gasteiger partial charge < -0.3 is 79.1 Å². The molecule has 20 heteroatoms. The second kappa shape index (κ2) is 15.3. The molecule has 0 aromatic heterocycles. The number of aliphatic carboxylic acids is 1. The molecular weight excluding hydrogens is 548 g/mol. The van der Waals surface area contributed by atoms with Crippen LogP contribution in [0.25, 0.3) is 0 Å². The van der Waals surface area contributed by atoms with Crippen LogP contribution in [0.3, 0.4) is 0 Å². The molecule has 2 rings (SSSR count). The Kier molecular flexibility index (Phi) is 13.5. The fourth-order valence-electron chi connectivity index (χ4n) is 3.41. The Bertz CT molecular complexity index is 797. The minimum Gasteiger partial charge on any atom is -0.479 e. The summed E-state index contributed by atoms with van der Waals surface area (Å²) in [6, 6.07) is 0. The highest BCUT2D eigenvalue weighted by Crippen LogP contribution is 2.31. The number of hydrogen-bond acceptors (Lipinski definition) is 19. The average Bonchev–Trinajstić information content (AvgIpc) is 2.88. The van der Waals surface area contributed by atoms with E-state index >= 15 is 0 Å². The van der Waals surface area contributed by atoms with Crippen molar-refractivity contribution in [2.75, 3.05) is 0 Å². The van der Waals surface area contributed by atoms with Gasteiger partial charge in [-0.3, -0.25) is 14.4 Å². The molecule has 2 aliphatic heterocycles. The maximum absolute atomic E-state index is 11.0. The number of carbonyl (C=O) groups is 4. The number of aliphatic hydroxyl groups is 8. The molecule has 0 aromatic carbocycles. The number of carbonyl (C=O) groups excluding carboxylic acids is 3. The SMILES string of the molecule is C.O=COC1O[C@@H](O[C@@H]2C(OC=O)O[C@@H](O[C@H](C(O)OC=O)C(O)C(O)C(=O)O)[C@H](O)C2O)C(O)C(O)[C@@H]1O. The largest absolute Gasteiger partial charge is 0.479 e. The van der Waals surface area contributed by atoms with Crippen LogP contribution in [0.1, 0.15) is 7.43 Å². The van der Waals surface area contributed by atoms with E-state index in [1.165, 1.54) is 0 Å². The summed E-state index contributed by atoms with van der Waals surface area (Å²) in [5, 5.41) is 89.4. The molecule has 0 spiro atoms. The third-order valence-electron chi connectivity index (χ3n) is 5.38. The Hall–Kier alpha value is -2.60. The molecule has 8 unspecified atom stereocenters.